The van der Waals surface area contributed by atoms with Gasteiger partial charge in [-0.05, 0) is 72.5 Å². The van der Waals surface area contributed by atoms with Gasteiger partial charge in [-0.25, -0.2) is 0 Å². The molecule has 11 heteroatoms. The summed E-state index contributed by atoms with van der Waals surface area (Å²) in [6, 6.07) is 12.2. The number of nitrogens with one attached hydrogen (secondary N) is 2. The molecule has 2 aromatic rings. The molecule has 1 aliphatic carbocycles. The van der Waals surface area contributed by atoms with E-state index in [0.29, 0.717) is 45.0 Å². The first kappa shape index (κ1) is 37.3. The molecule has 2 fully saturated rings. The lowest BCUT2D eigenvalue weighted by Gasteiger charge is -2.40. The van der Waals surface area contributed by atoms with Crippen molar-refractivity contribution in [1.82, 2.24) is 15.1 Å². The molecule has 1 saturated heterocycles. The standard InChI is InChI=1S/C38H58N4O6Si/c1-38(2,3)49(5,6)48-33(31-13-14-32(43)36-37(31)47-26-34(44)40-36)22-39-17-18-41(4)35(45)16-20-46-19-15-27-9-7-10-28(21-27)23-42-24-29-11-8-12-30(29)25-42/h7,9-10,13-14,21,29-30,33,39,43H,8,11-12,15-20,22-26H2,1-6H3,(H,40,44)/t29-,30+,33-/m0/s1. The van der Waals surface area contributed by atoms with Gasteiger partial charge in [-0.15, -0.1) is 0 Å². The first-order chi connectivity index (χ1) is 23.3. The number of fused-ring (bicyclic) bond motifs is 2. The Morgan fingerprint density at radius 2 is 1.88 bits per heavy atom. The molecule has 5 rings (SSSR count). The molecular weight excluding hydrogens is 637 g/mol. The van der Waals surface area contributed by atoms with Crippen molar-refractivity contribution in [2.75, 3.05) is 64.9 Å². The number of carbonyl (C=O) groups excluding carboxylic acids is 2. The number of rotatable bonds is 16. The predicted molar refractivity (Wildman–Crippen MR) is 195 cm³/mol. The van der Waals surface area contributed by atoms with E-state index in [9.17, 15) is 14.7 Å². The van der Waals surface area contributed by atoms with Gasteiger partial charge in [0.2, 0.25) is 5.91 Å². The van der Waals surface area contributed by atoms with Gasteiger partial charge in [-0.2, -0.15) is 0 Å². The minimum atomic E-state index is -2.21. The maximum absolute atomic E-state index is 12.8. The van der Waals surface area contributed by atoms with Gasteiger partial charge in [-0.3, -0.25) is 14.5 Å². The van der Waals surface area contributed by atoms with E-state index < -0.39 is 8.32 Å². The van der Waals surface area contributed by atoms with Crippen molar-refractivity contribution in [1.29, 1.82) is 0 Å². The molecule has 1 saturated carbocycles. The van der Waals surface area contributed by atoms with Crippen LogP contribution in [0.2, 0.25) is 18.1 Å². The van der Waals surface area contributed by atoms with Crippen molar-refractivity contribution >= 4 is 25.8 Å². The van der Waals surface area contributed by atoms with E-state index in [1.54, 1.807) is 17.0 Å². The van der Waals surface area contributed by atoms with Crippen LogP contribution in [0.1, 0.15) is 69.2 Å². The van der Waals surface area contributed by atoms with E-state index >= 15 is 0 Å². The Morgan fingerprint density at radius 3 is 2.61 bits per heavy atom. The molecule has 270 valence electrons. The average molecular weight is 695 g/mol. The van der Waals surface area contributed by atoms with E-state index in [1.165, 1.54) is 43.5 Å². The zero-order valence-corrected chi connectivity index (χ0v) is 31.5. The quantitative estimate of drug-likeness (QED) is 0.116. The van der Waals surface area contributed by atoms with Crippen molar-refractivity contribution in [3.63, 3.8) is 0 Å². The second kappa shape index (κ2) is 16.4. The monoisotopic (exact) mass is 694 g/mol. The Morgan fingerprint density at radius 1 is 1.14 bits per heavy atom. The Hall–Kier alpha value is -2.96. The molecule has 3 aliphatic rings. The Kier molecular flexibility index (Phi) is 12.5. The maximum atomic E-state index is 12.8. The van der Waals surface area contributed by atoms with Gasteiger partial charge in [0.25, 0.3) is 5.91 Å². The summed E-state index contributed by atoms with van der Waals surface area (Å²) < 4.78 is 18.5. The third-order valence-corrected chi connectivity index (χ3v) is 15.4. The summed E-state index contributed by atoms with van der Waals surface area (Å²) in [5.74, 6) is 1.97. The number of phenols is 1. The summed E-state index contributed by atoms with van der Waals surface area (Å²) in [7, 11) is -0.388. The van der Waals surface area contributed by atoms with Crippen molar-refractivity contribution in [2.24, 2.45) is 11.8 Å². The molecule has 3 N–H and O–H groups in total. The lowest BCUT2D eigenvalue weighted by atomic mass is 10.0. The summed E-state index contributed by atoms with van der Waals surface area (Å²) in [4.78, 5) is 29.2. The van der Waals surface area contributed by atoms with Crippen LogP contribution in [-0.2, 0) is 31.7 Å². The van der Waals surface area contributed by atoms with Crippen LogP contribution in [0.3, 0.4) is 0 Å². The summed E-state index contributed by atoms with van der Waals surface area (Å²) in [6.45, 7) is 17.0. The fourth-order valence-electron chi connectivity index (χ4n) is 7.03. The van der Waals surface area contributed by atoms with Crippen LogP contribution in [0.15, 0.2) is 36.4 Å². The van der Waals surface area contributed by atoms with Crippen LogP contribution in [0.4, 0.5) is 5.69 Å². The molecule has 49 heavy (non-hydrogen) atoms. The molecule has 2 amide bonds. The van der Waals surface area contributed by atoms with Crippen molar-refractivity contribution in [2.45, 2.75) is 83.7 Å². The van der Waals surface area contributed by atoms with Gasteiger partial charge in [0.05, 0.1) is 25.7 Å². The van der Waals surface area contributed by atoms with Crippen LogP contribution in [0, 0.1) is 11.8 Å². The number of amides is 2. The van der Waals surface area contributed by atoms with E-state index in [2.05, 4.69) is 73.7 Å². The summed E-state index contributed by atoms with van der Waals surface area (Å²) >= 11 is 0. The Balaban J connectivity index is 1.04. The SMILES string of the molecule is CN(CCNC[C@H](O[Si](C)(C)C(C)(C)C)c1ccc(O)c2c1OCC(=O)N2)C(=O)CCOCCc1cccc(CN2C[C@H]3CCC[C@H]3C2)c1. The number of nitrogens with zero attached hydrogens (tertiary/aromatic N) is 2. The third kappa shape index (κ3) is 9.85. The molecule has 3 atom stereocenters. The zero-order valence-electron chi connectivity index (χ0n) is 30.5. The number of likely N-dealkylation sites (N-methyl/N-ethyl adjacent to an activating group) is 1. The molecule has 0 bridgehead atoms. The second-order valence-electron chi connectivity index (χ2n) is 15.7. The van der Waals surface area contributed by atoms with Gasteiger partial charge < -0.3 is 34.5 Å². The molecule has 0 radical (unpaired) electrons. The number of aromatic hydroxyl groups is 1. The third-order valence-electron chi connectivity index (χ3n) is 10.9. The van der Waals surface area contributed by atoms with Crippen LogP contribution in [0.5, 0.6) is 11.5 Å². The largest absolute Gasteiger partial charge is 0.506 e. The predicted octanol–water partition coefficient (Wildman–Crippen LogP) is 5.72. The van der Waals surface area contributed by atoms with Crippen molar-refractivity contribution in [3.05, 3.63) is 53.1 Å². The van der Waals surface area contributed by atoms with Crippen LogP contribution >= 0.6 is 0 Å². The number of carbonyl (C=O) groups is 2. The second-order valence-corrected chi connectivity index (χ2v) is 20.4. The number of hydrogen-bond donors (Lipinski definition) is 3. The summed E-state index contributed by atoms with van der Waals surface area (Å²) in [5, 5.41) is 16.6. The lowest BCUT2D eigenvalue weighted by molar-refractivity contribution is -0.131. The smallest absolute Gasteiger partial charge is 0.262 e. The number of ether oxygens (including phenoxy) is 2. The van der Waals surface area contributed by atoms with Gasteiger partial charge in [0.15, 0.2) is 20.7 Å². The molecule has 2 aliphatic heterocycles. The van der Waals surface area contributed by atoms with Crippen LogP contribution < -0.4 is 15.4 Å². The molecular formula is C38H58N4O6Si. The maximum Gasteiger partial charge on any atom is 0.262 e. The van der Waals surface area contributed by atoms with Crippen LogP contribution in [0.25, 0.3) is 0 Å². The van der Waals surface area contributed by atoms with Crippen molar-refractivity contribution in [3.8, 4) is 11.5 Å². The average Bonchev–Trinajstić information content (AvgIpc) is 3.64. The van der Waals surface area contributed by atoms with Gasteiger partial charge in [-0.1, -0.05) is 51.5 Å². The first-order valence-electron chi connectivity index (χ1n) is 18.1. The number of phenolic OH excluding ortho intramolecular Hbond substituents is 1. The molecule has 0 aromatic heterocycles. The highest BCUT2D eigenvalue weighted by atomic mass is 28.4. The highest BCUT2D eigenvalue weighted by Gasteiger charge is 2.40. The van der Waals surface area contributed by atoms with Crippen LogP contribution in [-0.4, -0.2) is 94.6 Å². The summed E-state index contributed by atoms with van der Waals surface area (Å²) in [6.07, 6.45) is 5.03. The Labute approximate surface area is 294 Å². The van der Waals surface area contributed by atoms with E-state index in [0.717, 1.165) is 30.4 Å². The molecule has 10 nitrogen and oxygen atoms in total. The highest BCUT2D eigenvalue weighted by Crippen LogP contribution is 2.45. The number of likely N-dealkylation sites (tertiary alicyclic amines) is 1. The molecule has 2 aromatic carbocycles. The molecule has 0 spiro atoms. The van der Waals surface area contributed by atoms with E-state index in [-0.39, 0.29) is 41.0 Å². The number of benzene rings is 2. The zero-order chi connectivity index (χ0) is 35.2. The fraction of sp³-hybridized carbons (Fsp3) is 0.632. The van der Waals surface area contributed by atoms with Gasteiger partial charge >= 0.3 is 0 Å². The number of hydrogen-bond acceptors (Lipinski definition) is 8. The molecule has 2 heterocycles. The van der Waals surface area contributed by atoms with Gasteiger partial charge in [0, 0.05) is 51.9 Å². The topological polar surface area (TPSA) is 113 Å². The van der Waals surface area contributed by atoms with Gasteiger partial charge in [0.1, 0.15) is 11.4 Å². The number of anilines is 1. The fourth-order valence-corrected chi connectivity index (χ4v) is 8.30. The minimum absolute atomic E-state index is 0.0251. The van der Waals surface area contributed by atoms with E-state index in [4.69, 9.17) is 13.9 Å². The Bertz CT molecular complexity index is 1430. The van der Waals surface area contributed by atoms with Crippen molar-refractivity contribution < 1.29 is 28.6 Å². The minimum Gasteiger partial charge on any atom is -0.506 e. The first-order valence-corrected chi connectivity index (χ1v) is 21.0. The highest BCUT2D eigenvalue weighted by molar-refractivity contribution is 6.74. The molecule has 0 unspecified atom stereocenters. The van der Waals surface area contributed by atoms with E-state index in [1.807, 2.05) is 7.05 Å². The normalized spacial score (nSPS) is 20.0. The lowest BCUT2D eigenvalue weighted by Crippen LogP contribution is -2.44. The summed E-state index contributed by atoms with van der Waals surface area (Å²) in [5.41, 5.74) is 3.71.